The van der Waals surface area contributed by atoms with E-state index in [0.29, 0.717) is 13.1 Å². The second-order valence-corrected chi connectivity index (χ2v) is 8.12. The number of carbonyl (C=O) groups is 1. The maximum Gasteiger partial charge on any atom is 0.187 e. The van der Waals surface area contributed by atoms with E-state index in [9.17, 15) is 4.79 Å². The normalized spacial score (nSPS) is 17.6. The molecule has 0 radical (unpaired) electrons. The number of aryl methyl sites for hydroxylation is 2. The Morgan fingerprint density at radius 2 is 1.17 bits per heavy atom. The topological polar surface area (TPSA) is 20.3 Å². The first-order valence-electron chi connectivity index (χ1n) is 10.4. The zero-order valence-corrected chi connectivity index (χ0v) is 17.6. The van der Waals surface area contributed by atoms with Crippen LogP contribution < -0.4 is 0 Å². The van der Waals surface area contributed by atoms with Gasteiger partial charge in [-0.25, -0.2) is 0 Å². The number of carbonyl (C=O) groups excluding carboxylic acids is 1. The highest BCUT2D eigenvalue weighted by Crippen LogP contribution is 2.24. The van der Waals surface area contributed by atoms with Gasteiger partial charge in [0.05, 0.1) is 0 Å². The molecule has 1 aliphatic heterocycles. The number of rotatable bonds is 4. The largest absolute Gasteiger partial charge is 0.290 e. The molecule has 2 heteroatoms. The predicted molar refractivity (Wildman–Crippen MR) is 125 cm³/mol. The highest BCUT2D eigenvalue weighted by molar-refractivity contribution is 6.14. The van der Waals surface area contributed by atoms with Gasteiger partial charge in [-0.1, -0.05) is 90.0 Å². The van der Waals surface area contributed by atoms with Crippen molar-refractivity contribution in [1.82, 2.24) is 4.90 Å². The molecule has 1 heterocycles. The third-order valence-electron chi connectivity index (χ3n) is 5.46. The van der Waals surface area contributed by atoms with Crippen LogP contribution in [0.15, 0.2) is 90.0 Å². The van der Waals surface area contributed by atoms with Gasteiger partial charge in [0.15, 0.2) is 5.78 Å². The summed E-state index contributed by atoms with van der Waals surface area (Å²) in [4.78, 5) is 15.6. The molecule has 0 aliphatic carbocycles. The number of nitrogens with zero attached hydrogens (tertiary/aromatic N) is 1. The van der Waals surface area contributed by atoms with Crippen LogP contribution in [0.2, 0.25) is 0 Å². The first-order valence-corrected chi connectivity index (χ1v) is 10.4. The molecule has 1 fully saturated rings. The average molecular weight is 394 g/mol. The molecular formula is C28H27NO. The summed E-state index contributed by atoms with van der Waals surface area (Å²) in [5, 5.41) is 0. The fourth-order valence-electron chi connectivity index (χ4n) is 3.79. The molecule has 3 aromatic carbocycles. The molecule has 3 aromatic rings. The van der Waals surface area contributed by atoms with E-state index in [2.05, 4.69) is 91.5 Å². The lowest BCUT2D eigenvalue weighted by atomic mass is 9.93. The van der Waals surface area contributed by atoms with Crippen molar-refractivity contribution < 1.29 is 4.79 Å². The Bertz CT molecular complexity index is 1010. The Balaban J connectivity index is 1.67. The van der Waals surface area contributed by atoms with Crippen LogP contribution in [0.4, 0.5) is 0 Å². The zero-order chi connectivity index (χ0) is 20.9. The lowest BCUT2D eigenvalue weighted by Crippen LogP contribution is -2.37. The fourth-order valence-corrected chi connectivity index (χ4v) is 3.79. The van der Waals surface area contributed by atoms with Crippen LogP contribution in [-0.2, 0) is 11.3 Å². The molecule has 0 unspecified atom stereocenters. The van der Waals surface area contributed by atoms with E-state index in [1.807, 2.05) is 18.2 Å². The number of benzene rings is 3. The summed E-state index contributed by atoms with van der Waals surface area (Å²) in [5.74, 6) is 0.153. The van der Waals surface area contributed by atoms with E-state index in [1.165, 1.54) is 16.7 Å². The van der Waals surface area contributed by atoms with Gasteiger partial charge >= 0.3 is 0 Å². The van der Waals surface area contributed by atoms with Crippen molar-refractivity contribution in [2.45, 2.75) is 20.4 Å². The van der Waals surface area contributed by atoms with E-state index in [0.717, 1.165) is 28.8 Å². The van der Waals surface area contributed by atoms with Crippen LogP contribution in [0, 0.1) is 13.8 Å². The van der Waals surface area contributed by atoms with Crippen molar-refractivity contribution >= 4 is 17.9 Å². The van der Waals surface area contributed by atoms with Gasteiger partial charge in [-0.05, 0) is 42.7 Å². The third-order valence-corrected chi connectivity index (χ3v) is 5.46. The summed E-state index contributed by atoms with van der Waals surface area (Å²) >= 11 is 0. The summed E-state index contributed by atoms with van der Waals surface area (Å²) in [5.41, 5.74) is 7.53. The highest BCUT2D eigenvalue weighted by atomic mass is 16.1. The minimum absolute atomic E-state index is 0.153. The van der Waals surface area contributed by atoms with Gasteiger partial charge in [-0.3, -0.25) is 9.69 Å². The Labute approximate surface area is 179 Å². The molecule has 2 nitrogen and oxygen atoms in total. The lowest BCUT2D eigenvalue weighted by Gasteiger charge is -2.30. The first kappa shape index (κ1) is 20.1. The standard InChI is InChI=1S/C28H27NO/c1-21-8-12-23(13-9-21)16-26-19-29(18-25-6-4-3-5-7-25)20-27(28(26)30)17-24-14-10-22(2)11-15-24/h3-17H,18-20H2,1-2H3/b26-16-,27-17+. The second kappa shape index (κ2) is 9.06. The lowest BCUT2D eigenvalue weighted by molar-refractivity contribution is -0.113. The quantitative estimate of drug-likeness (QED) is 0.518. The smallest absolute Gasteiger partial charge is 0.187 e. The van der Waals surface area contributed by atoms with Crippen LogP contribution in [0.3, 0.4) is 0 Å². The molecule has 0 bridgehead atoms. The van der Waals surface area contributed by atoms with Crippen molar-refractivity contribution in [3.05, 3.63) is 118 Å². The maximum absolute atomic E-state index is 13.3. The van der Waals surface area contributed by atoms with Crippen LogP contribution in [0.25, 0.3) is 12.2 Å². The second-order valence-electron chi connectivity index (χ2n) is 8.12. The summed E-state index contributed by atoms with van der Waals surface area (Å²) in [6.07, 6.45) is 4.09. The van der Waals surface area contributed by atoms with Gasteiger partial charge in [0.25, 0.3) is 0 Å². The number of hydrogen-bond donors (Lipinski definition) is 0. The maximum atomic E-state index is 13.3. The number of Topliss-reactive ketones (excluding diaryl/α,β-unsaturated/α-hetero) is 1. The summed E-state index contributed by atoms with van der Waals surface area (Å²) in [6, 6.07) is 27.1. The minimum atomic E-state index is 0.153. The molecule has 0 aromatic heterocycles. The van der Waals surface area contributed by atoms with Crippen molar-refractivity contribution in [1.29, 1.82) is 0 Å². The van der Waals surface area contributed by atoms with Crippen LogP contribution in [0.1, 0.15) is 27.8 Å². The number of likely N-dealkylation sites (tertiary alicyclic amines) is 1. The average Bonchev–Trinajstić information content (AvgIpc) is 2.75. The predicted octanol–water partition coefficient (Wildman–Crippen LogP) is 5.86. The van der Waals surface area contributed by atoms with Crippen LogP contribution in [-0.4, -0.2) is 23.8 Å². The Kier molecular flexibility index (Phi) is 6.06. The van der Waals surface area contributed by atoms with Crippen LogP contribution >= 0.6 is 0 Å². The van der Waals surface area contributed by atoms with E-state index >= 15 is 0 Å². The van der Waals surface area contributed by atoms with Gasteiger partial charge in [0.2, 0.25) is 0 Å². The Morgan fingerprint density at radius 3 is 1.63 bits per heavy atom. The summed E-state index contributed by atoms with van der Waals surface area (Å²) in [6.45, 7) is 6.30. The Morgan fingerprint density at radius 1 is 0.700 bits per heavy atom. The van der Waals surface area contributed by atoms with Gasteiger partial charge in [-0.15, -0.1) is 0 Å². The molecular weight excluding hydrogens is 366 g/mol. The molecule has 0 N–H and O–H groups in total. The Hall–Kier alpha value is -3.23. The first-order chi connectivity index (χ1) is 14.6. The highest BCUT2D eigenvalue weighted by Gasteiger charge is 2.26. The van der Waals surface area contributed by atoms with Gasteiger partial charge in [0, 0.05) is 30.8 Å². The van der Waals surface area contributed by atoms with Crippen molar-refractivity contribution in [2.24, 2.45) is 0 Å². The van der Waals surface area contributed by atoms with E-state index in [4.69, 9.17) is 0 Å². The summed E-state index contributed by atoms with van der Waals surface area (Å²) in [7, 11) is 0. The minimum Gasteiger partial charge on any atom is -0.290 e. The van der Waals surface area contributed by atoms with Gasteiger partial charge in [0.1, 0.15) is 0 Å². The summed E-state index contributed by atoms with van der Waals surface area (Å²) < 4.78 is 0. The van der Waals surface area contributed by atoms with E-state index in [1.54, 1.807) is 0 Å². The number of hydrogen-bond acceptors (Lipinski definition) is 2. The molecule has 30 heavy (non-hydrogen) atoms. The van der Waals surface area contributed by atoms with Crippen molar-refractivity contribution in [2.75, 3.05) is 13.1 Å². The number of ketones is 1. The monoisotopic (exact) mass is 393 g/mol. The van der Waals surface area contributed by atoms with Crippen molar-refractivity contribution in [3.8, 4) is 0 Å². The molecule has 0 spiro atoms. The zero-order valence-electron chi connectivity index (χ0n) is 17.6. The third kappa shape index (κ3) is 5.03. The molecule has 1 saturated heterocycles. The van der Waals surface area contributed by atoms with E-state index in [-0.39, 0.29) is 5.78 Å². The number of piperidine rings is 1. The van der Waals surface area contributed by atoms with Gasteiger partial charge in [-0.2, -0.15) is 0 Å². The van der Waals surface area contributed by atoms with Crippen molar-refractivity contribution in [3.63, 3.8) is 0 Å². The molecule has 4 rings (SSSR count). The molecule has 150 valence electrons. The van der Waals surface area contributed by atoms with E-state index < -0.39 is 0 Å². The molecule has 0 amide bonds. The molecule has 0 saturated carbocycles. The van der Waals surface area contributed by atoms with Gasteiger partial charge < -0.3 is 0 Å². The fraction of sp³-hybridized carbons (Fsp3) is 0.179. The molecule has 0 atom stereocenters. The van der Waals surface area contributed by atoms with Crippen LogP contribution in [0.5, 0.6) is 0 Å². The SMILES string of the molecule is Cc1ccc(/C=C2/CN(Cc3ccccc3)C/C(=C\c3ccc(C)cc3)C2=O)cc1. The molecule has 1 aliphatic rings.